The van der Waals surface area contributed by atoms with Crippen molar-refractivity contribution in [2.45, 2.75) is 32.2 Å². The minimum absolute atomic E-state index is 0.436. The van der Waals surface area contributed by atoms with Gasteiger partial charge in [0.25, 0.3) is 0 Å². The first-order chi connectivity index (χ1) is 9.18. The van der Waals surface area contributed by atoms with Crippen LogP contribution in [0.2, 0.25) is 0 Å². The summed E-state index contributed by atoms with van der Waals surface area (Å²) < 4.78 is 37.6. The van der Waals surface area contributed by atoms with Crippen LogP contribution >= 0.6 is 0 Å². The lowest BCUT2D eigenvalue weighted by Crippen LogP contribution is -2.58. The largest absolute Gasteiger partial charge is 0.490 e. The molecule has 0 aromatic heterocycles. The molecule has 8 heteroatoms. The molecule has 5 nitrogen and oxygen atoms in total. The van der Waals surface area contributed by atoms with Gasteiger partial charge in [0.15, 0.2) is 0 Å². The molecule has 0 radical (unpaired) electrons. The maximum Gasteiger partial charge on any atom is 0.490 e. The van der Waals surface area contributed by atoms with Crippen molar-refractivity contribution < 1.29 is 27.8 Å². The number of alkyl halides is 3. The summed E-state index contributed by atoms with van der Waals surface area (Å²) in [7, 11) is 0. The van der Waals surface area contributed by atoms with E-state index in [1.54, 1.807) is 0 Å². The van der Waals surface area contributed by atoms with Crippen LogP contribution in [0.25, 0.3) is 0 Å². The molecule has 2 bridgehead atoms. The van der Waals surface area contributed by atoms with Crippen molar-refractivity contribution in [3.63, 3.8) is 0 Å². The normalized spacial score (nSPS) is 26.9. The molecule has 2 aliphatic rings. The van der Waals surface area contributed by atoms with Crippen LogP contribution in [0.1, 0.15) is 13.8 Å². The minimum Gasteiger partial charge on any atom is -0.475 e. The highest BCUT2D eigenvalue weighted by atomic mass is 19.4. The zero-order valence-electron chi connectivity index (χ0n) is 11.6. The molecular weight excluding hydrogens is 277 g/mol. The molecule has 2 saturated heterocycles. The summed E-state index contributed by atoms with van der Waals surface area (Å²) in [4.78, 5) is 11.4. The molecule has 0 aromatic rings. The molecule has 0 saturated carbocycles. The lowest BCUT2D eigenvalue weighted by Gasteiger charge is -2.42. The fraction of sp³-hybridized carbons (Fsp3) is 0.917. The van der Waals surface area contributed by atoms with E-state index < -0.39 is 12.1 Å². The van der Waals surface area contributed by atoms with Gasteiger partial charge in [-0.15, -0.1) is 0 Å². The first kappa shape index (κ1) is 17.2. The summed E-state index contributed by atoms with van der Waals surface area (Å²) in [5.74, 6) is -1.99. The minimum atomic E-state index is -5.08. The second-order valence-corrected chi connectivity index (χ2v) is 5.45. The average molecular weight is 298 g/mol. The highest BCUT2D eigenvalue weighted by Crippen LogP contribution is 2.15. The van der Waals surface area contributed by atoms with E-state index in [4.69, 9.17) is 14.6 Å². The highest BCUT2D eigenvalue weighted by molar-refractivity contribution is 5.73. The van der Waals surface area contributed by atoms with Crippen LogP contribution in [0, 0.1) is 5.92 Å². The van der Waals surface area contributed by atoms with Gasteiger partial charge in [0.2, 0.25) is 0 Å². The van der Waals surface area contributed by atoms with Crippen molar-refractivity contribution in [1.82, 2.24) is 10.2 Å². The second-order valence-electron chi connectivity index (χ2n) is 5.45. The zero-order valence-corrected chi connectivity index (χ0v) is 11.6. The molecule has 118 valence electrons. The molecule has 2 unspecified atom stereocenters. The number of nitrogens with one attached hydrogen (secondary N) is 1. The van der Waals surface area contributed by atoms with E-state index in [2.05, 4.69) is 24.1 Å². The van der Waals surface area contributed by atoms with E-state index in [9.17, 15) is 13.2 Å². The van der Waals surface area contributed by atoms with E-state index in [1.807, 2.05) is 0 Å². The average Bonchev–Trinajstić information content (AvgIpc) is 2.26. The van der Waals surface area contributed by atoms with Crippen molar-refractivity contribution in [2.75, 3.05) is 32.7 Å². The van der Waals surface area contributed by atoms with Gasteiger partial charge in [0, 0.05) is 32.7 Å². The molecule has 0 spiro atoms. The van der Waals surface area contributed by atoms with E-state index in [0.717, 1.165) is 32.1 Å². The molecule has 2 aliphatic heterocycles. The summed E-state index contributed by atoms with van der Waals surface area (Å²) in [5, 5.41) is 10.5. The van der Waals surface area contributed by atoms with Crippen LogP contribution in [0.3, 0.4) is 0 Å². The predicted octanol–water partition coefficient (Wildman–Crippen LogP) is 0.948. The zero-order chi connectivity index (χ0) is 15.3. The van der Waals surface area contributed by atoms with Crippen LogP contribution in [0.4, 0.5) is 13.2 Å². The number of carbonyl (C=O) groups is 1. The number of carboxylic acids is 1. The maximum absolute atomic E-state index is 10.6. The number of morpholine rings is 2. The Morgan fingerprint density at radius 1 is 1.35 bits per heavy atom. The van der Waals surface area contributed by atoms with Gasteiger partial charge in [0.05, 0.1) is 12.2 Å². The maximum atomic E-state index is 10.6. The fourth-order valence-electron chi connectivity index (χ4n) is 2.30. The number of nitrogens with zero attached hydrogens (tertiary/aromatic N) is 1. The van der Waals surface area contributed by atoms with Gasteiger partial charge >= 0.3 is 12.1 Å². The number of rotatable bonds is 2. The van der Waals surface area contributed by atoms with Gasteiger partial charge in [-0.25, -0.2) is 4.79 Å². The molecular formula is C12H21F3N2O3. The van der Waals surface area contributed by atoms with Gasteiger partial charge < -0.3 is 15.2 Å². The monoisotopic (exact) mass is 298 g/mol. The first-order valence-corrected chi connectivity index (χ1v) is 6.57. The third-order valence-corrected chi connectivity index (χ3v) is 2.92. The number of aliphatic carboxylic acids is 1. The molecule has 2 heterocycles. The molecule has 0 amide bonds. The number of fused-ring (bicyclic) bond motifs is 2. The number of hydrogen-bond donors (Lipinski definition) is 2. The molecule has 2 atom stereocenters. The van der Waals surface area contributed by atoms with Crippen molar-refractivity contribution in [2.24, 2.45) is 5.92 Å². The van der Waals surface area contributed by atoms with E-state index in [1.165, 1.54) is 6.54 Å². The molecule has 0 aromatic carbocycles. The van der Waals surface area contributed by atoms with Gasteiger partial charge in [-0.3, -0.25) is 4.90 Å². The van der Waals surface area contributed by atoms with Crippen LogP contribution in [0.5, 0.6) is 0 Å². The molecule has 2 fully saturated rings. The standard InChI is InChI=1S/C10H20N2O.C2HF3O2/c1-8(2)5-12-6-9-3-11-4-10(7-12)13-9;3-2(4,5)1(6)7/h8-11H,3-7H2,1-2H3;(H,6,7). The molecule has 20 heavy (non-hydrogen) atoms. The molecule has 2 N–H and O–H groups in total. The number of halogens is 3. The lowest BCUT2D eigenvalue weighted by atomic mass is 10.1. The van der Waals surface area contributed by atoms with E-state index in [-0.39, 0.29) is 0 Å². The van der Waals surface area contributed by atoms with Crippen molar-refractivity contribution in [3.05, 3.63) is 0 Å². The highest BCUT2D eigenvalue weighted by Gasteiger charge is 2.38. The Hall–Kier alpha value is -0.860. The molecule has 2 rings (SSSR count). The van der Waals surface area contributed by atoms with Gasteiger partial charge in [0.1, 0.15) is 0 Å². The summed E-state index contributed by atoms with van der Waals surface area (Å²) in [6.07, 6.45) is -4.21. The van der Waals surface area contributed by atoms with Gasteiger partial charge in [-0.2, -0.15) is 13.2 Å². The van der Waals surface area contributed by atoms with Crippen molar-refractivity contribution in [3.8, 4) is 0 Å². The summed E-state index contributed by atoms with van der Waals surface area (Å²) in [6.45, 7) is 10.1. The van der Waals surface area contributed by atoms with E-state index in [0.29, 0.717) is 12.2 Å². The van der Waals surface area contributed by atoms with Crippen LogP contribution in [0.15, 0.2) is 0 Å². The van der Waals surface area contributed by atoms with Crippen LogP contribution in [-0.2, 0) is 9.53 Å². The number of hydrogen-bond acceptors (Lipinski definition) is 4. The van der Waals surface area contributed by atoms with Crippen LogP contribution < -0.4 is 5.32 Å². The van der Waals surface area contributed by atoms with Crippen molar-refractivity contribution in [1.29, 1.82) is 0 Å². The predicted molar refractivity (Wildman–Crippen MR) is 66.5 cm³/mol. The van der Waals surface area contributed by atoms with Gasteiger partial charge in [-0.05, 0) is 5.92 Å². The Bertz CT molecular complexity index is 312. The Balaban J connectivity index is 0.000000246. The lowest BCUT2D eigenvalue weighted by molar-refractivity contribution is -0.192. The van der Waals surface area contributed by atoms with E-state index >= 15 is 0 Å². The van der Waals surface area contributed by atoms with Crippen molar-refractivity contribution >= 4 is 5.97 Å². The summed E-state index contributed by atoms with van der Waals surface area (Å²) in [6, 6.07) is 0. The van der Waals surface area contributed by atoms with Crippen LogP contribution in [-0.4, -0.2) is 67.1 Å². The Morgan fingerprint density at radius 3 is 2.15 bits per heavy atom. The fourth-order valence-corrected chi connectivity index (χ4v) is 2.30. The Kier molecular flexibility index (Phi) is 6.22. The summed E-state index contributed by atoms with van der Waals surface area (Å²) >= 11 is 0. The first-order valence-electron chi connectivity index (χ1n) is 6.57. The topological polar surface area (TPSA) is 61.8 Å². The Labute approximate surface area is 116 Å². The molecule has 0 aliphatic carbocycles. The van der Waals surface area contributed by atoms with Gasteiger partial charge in [-0.1, -0.05) is 13.8 Å². The Morgan fingerprint density at radius 2 is 1.80 bits per heavy atom. The third-order valence-electron chi connectivity index (χ3n) is 2.92. The summed E-state index contributed by atoms with van der Waals surface area (Å²) in [5.41, 5.74) is 0. The third kappa shape index (κ3) is 6.06. The quantitative estimate of drug-likeness (QED) is 0.795. The smallest absolute Gasteiger partial charge is 0.475 e. The second kappa shape index (κ2) is 7.24. The number of ether oxygens (including phenoxy) is 1. The SMILES string of the molecule is CC(C)CN1CC2CNCC(C1)O2.O=C(O)C(F)(F)F. The number of carboxylic acid groups (broad SMARTS) is 1.